The molecule has 1 nitrogen and oxygen atoms in total. The molecule has 0 atom stereocenters. The Balaban J connectivity index is 0. The zero-order chi connectivity index (χ0) is 0. The first-order valence-corrected chi connectivity index (χ1v) is 0. The summed E-state index contributed by atoms with van der Waals surface area (Å²) in [6.07, 6.45) is 0. The second-order valence-electron chi connectivity index (χ2n) is 0. The fraction of sp³-hybridized carbons (Fsp3) is 0. The van der Waals surface area contributed by atoms with Crippen molar-refractivity contribution in [3.05, 3.63) is 0 Å². The fourth-order valence-corrected chi connectivity index (χ4v) is 0. The molecule has 0 rings (SSSR count). The van der Waals surface area contributed by atoms with Gasteiger partial charge in [-0.15, -0.1) is 0 Å². The molecule has 0 saturated carbocycles. The van der Waals surface area contributed by atoms with Crippen molar-refractivity contribution in [3.8, 4) is 0 Å². The van der Waals surface area contributed by atoms with Crippen LogP contribution in [0.4, 0.5) is 0 Å². The van der Waals surface area contributed by atoms with Gasteiger partial charge in [0.05, 0.1) is 0 Å². The van der Waals surface area contributed by atoms with E-state index in [1.807, 2.05) is 0 Å². The van der Waals surface area contributed by atoms with E-state index in [9.17, 15) is 0 Å². The molecule has 0 aliphatic heterocycles. The van der Waals surface area contributed by atoms with Gasteiger partial charge in [0.25, 0.3) is 0 Å². The second-order valence-corrected chi connectivity index (χ2v) is 0. The van der Waals surface area contributed by atoms with Crippen molar-refractivity contribution in [2.45, 2.75) is 0 Å². The molecule has 0 aromatic heterocycles. The fourth-order valence-electron chi connectivity index (χ4n) is 0. The van der Waals surface area contributed by atoms with E-state index in [0.717, 1.165) is 0 Å². The van der Waals surface area contributed by atoms with Gasteiger partial charge in [0.15, 0.2) is 0 Å². The SMILES string of the molecule is O.S.[Cu].[La]. The van der Waals surface area contributed by atoms with Gasteiger partial charge < -0.3 is 5.48 Å². The Hall–Kier alpha value is 2.02. The van der Waals surface area contributed by atoms with Crippen LogP contribution >= 0.6 is 13.5 Å². The Morgan fingerprint density at radius 3 is 1.00 bits per heavy atom. The summed E-state index contributed by atoms with van der Waals surface area (Å²) in [4.78, 5) is 0. The van der Waals surface area contributed by atoms with Gasteiger partial charge in [0.2, 0.25) is 0 Å². The molecule has 0 fully saturated rings. The Morgan fingerprint density at radius 2 is 1.00 bits per heavy atom. The largest absolute Gasteiger partial charge is 0.412 e. The summed E-state index contributed by atoms with van der Waals surface area (Å²) in [5.74, 6) is 0. The minimum atomic E-state index is 0. The molecular weight excluding hydrogens is 251 g/mol. The van der Waals surface area contributed by atoms with E-state index < -0.39 is 0 Å². The average molecular weight is 255 g/mol. The molecule has 4 heavy (non-hydrogen) atoms. The van der Waals surface area contributed by atoms with Crippen LogP contribution in [0.3, 0.4) is 0 Å². The van der Waals surface area contributed by atoms with Crippen molar-refractivity contribution in [1.82, 2.24) is 0 Å². The van der Waals surface area contributed by atoms with Crippen molar-refractivity contribution in [1.29, 1.82) is 0 Å². The molecule has 4 heteroatoms. The van der Waals surface area contributed by atoms with E-state index in [0.29, 0.717) is 0 Å². The monoisotopic (exact) mass is 254 g/mol. The first-order chi connectivity index (χ1) is 0. The Morgan fingerprint density at radius 1 is 1.00 bits per heavy atom. The minimum Gasteiger partial charge on any atom is -0.412 e. The van der Waals surface area contributed by atoms with Gasteiger partial charge in [0, 0.05) is 52.7 Å². The van der Waals surface area contributed by atoms with Crippen LogP contribution in [0.2, 0.25) is 0 Å². The first kappa shape index (κ1) is 37.1. The normalized spacial score (nSPS) is 0. The van der Waals surface area contributed by atoms with Gasteiger partial charge in [-0.3, -0.25) is 0 Å². The van der Waals surface area contributed by atoms with Gasteiger partial charge >= 0.3 is 0 Å². The number of hydrogen-bond donors (Lipinski definition) is 0. The third-order valence-electron chi connectivity index (χ3n) is 0. The zero-order valence-electron chi connectivity index (χ0n) is 1.88. The maximum absolute atomic E-state index is 0. The van der Waals surface area contributed by atoms with Crippen LogP contribution in [-0.4, -0.2) is 5.48 Å². The van der Waals surface area contributed by atoms with Crippen molar-refractivity contribution < 1.29 is 58.1 Å². The van der Waals surface area contributed by atoms with Crippen LogP contribution in [0, 0.1) is 35.6 Å². The molecule has 0 aromatic carbocycles. The molecule has 0 aliphatic carbocycles. The van der Waals surface area contributed by atoms with Crippen molar-refractivity contribution in [3.63, 3.8) is 0 Å². The van der Waals surface area contributed by atoms with Gasteiger partial charge in [-0.25, -0.2) is 0 Å². The Bertz CT molecular complexity index is 8.00. The standard InChI is InChI=1S/Cu.La.H2O.H2S/h;;2*1H2. The smallest absolute Gasteiger partial charge is 0 e. The van der Waals surface area contributed by atoms with Crippen molar-refractivity contribution in [2.75, 3.05) is 0 Å². The molecule has 0 aliphatic rings. The van der Waals surface area contributed by atoms with Crippen molar-refractivity contribution in [2.24, 2.45) is 0 Å². The summed E-state index contributed by atoms with van der Waals surface area (Å²) in [7, 11) is 0. The summed E-state index contributed by atoms with van der Waals surface area (Å²) in [5.41, 5.74) is 0. The van der Waals surface area contributed by atoms with E-state index in [1.54, 1.807) is 0 Å². The molecule has 2 radical (unpaired) electrons. The molecule has 0 amide bonds. The van der Waals surface area contributed by atoms with Crippen LogP contribution in [0.1, 0.15) is 0 Å². The van der Waals surface area contributed by atoms with Crippen LogP contribution < -0.4 is 0 Å². The van der Waals surface area contributed by atoms with Gasteiger partial charge in [0.1, 0.15) is 0 Å². The van der Waals surface area contributed by atoms with Gasteiger partial charge in [-0.2, -0.15) is 13.5 Å². The number of rotatable bonds is 0. The third kappa shape index (κ3) is 8.98. The maximum Gasteiger partial charge on any atom is 0 e. The first-order valence-electron chi connectivity index (χ1n) is 0. The molecule has 0 spiro atoms. The van der Waals surface area contributed by atoms with Crippen LogP contribution in [0.5, 0.6) is 0 Å². The average Bonchev–Trinajstić information content (AvgIpc) is 0. The topological polar surface area (TPSA) is 31.5 Å². The van der Waals surface area contributed by atoms with E-state index in [1.165, 1.54) is 0 Å². The van der Waals surface area contributed by atoms with E-state index in [-0.39, 0.29) is 71.6 Å². The summed E-state index contributed by atoms with van der Waals surface area (Å²) >= 11 is 0. The quantitative estimate of drug-likeness (QED) is 0.512. The molecule has 0 heterocycles. The maximum atomic E-state index is 0. The van der Waals surface area contributed by atoms with Gasteiger partial charge in [-0.05, 0) is 0 Å². The summed E-state index contributed by atoms with van der Waals surface area (Å²) in [5, 5.41) is 0. The molecule has 0 bridgehead atoms. The predicted octanol–water partition coefficient (Wildman–Crippen LogP) is -0.714. The van der Waals surface area contributed by atoms with Crippen LogP contribution in [0.25, 0.3) is 0 Å². The minimum absolute atomic E-state index is 0. The van der Waals surface area contributed by atoms with Gasteiger partial charge in [-0.1, -0.05) is 0 Å². The van der Waals surface area contributed by atoms with Crippen LogP contribution in [-0.2, 0) is 17.1 Å². The third-order valence-corrected chi connectivity index (χ3v) is 0. The van der Waals surface area contributed by atoms with E-state index in [4.69, 9.17) is 0 Å². The molecule has 0 unspecified atom stereocenters. The van der Waals surface area contributed by atoms with E-state index in [2.05, 4.69) is 0 Å². The second kappa shape index (κ2) is 19.9. The van der Waals surface area contributed by atoms with E-state index >= 15 is 0 Å². The molecule has 30 valence electrons. The Labute approximate surface area is 70.7 Å². The predicted molar refractivity (Wildman–Crippen MR) is 14.0 cm³/mol. The summed E-state index contributed by atoms with van der Waals surface area (Å²) in [6.45, 7) is 0. The Kier molecular flexibility index (Phi) is 184. The summed E-state index contributed by atoms with van der Waals surface area (Å²) in [6, 6.07) is 0. The molecule has 0 saturated heterocycles. The molecular formula is H4CuLaOS. The summed E-state index contributed by atoms with van der Waals surface area (Å²) < 4.78 is 0. The molecule has 0 aromatic rings. The zero-order valence-corrected chi connectivity index (χ0v) is 7.45. The van der Waals surface area contributed by atoms with Crippen LogP contribution in [0.15, 0.2) is 0 Å². The molecule has 2 N–H and O–H groups in total. The van der Waals surface area contributed by atoms with Crippen molar-refractivity contribution >= 4 is 13.5 Å². The number of hydrogen-bond acceptors (Lipinski definition) is 0.